The van der Waals surface area contributed by atoms with Crippen LogP contribution in [0.5, 0.6) is 0 Å². The smallest absolute Gasteiger partial charge is 0.223 e. The zero-order chi connectivity index (χ0) is 20.5. The van der Waals surface area contributed by atoms with Crippen molar-refractivity contribution in [3.05, 3.63) is 66.7 Å². The predicted octanol–water partition coefficient (Wildman–Crippen LogP) is 5.19. The van der Waals surface area contributed by atoms with Crippen LogP contribution in [0, 0.1) is 0 Å². The van der Waals surface area contributed by atoms with E-state index >= 15 is 0 Å². The van der Waals surface area contributed by atoms with E-state index in [1.54, 1.807) is 30.6 Å². The number of hydrogen-bond donors (Lipinski definition) is 1. The highest BCUT2D eigenvalue weighted by Crippen LogP contribution is 2.50. The predicted molar refractivity (Wildman–Crippen MR) is 119 cm³/mol. The highest BCUT2D eigenvalue weighted by Gasteiger charge is 2.40. The molecule has 0 aromatic heterocycles. The Hall–Kier alpha value is -2.70. The Morgan fingerprint density at radius 2 is 1.45 bits per heavy atom. The third-order valence-corrected chi connectivity index (χ3v) is 8.48. The number of hydrogen-bond acceptors (Lipinski definition) is 3. The van der Waals surface area contributed by atoms with Gasteiger partial charge in [0.1, 0.15) is 16.6 Å². The highest BCUT2D eigenvalue weighted by molar-refractivity contribution is 8.04. The third kappa shape index (κ3) is 3.78. The van der Waals surface area contributed by atoms with Gasteiger partial charge < -0.3 is 10.2 Å². The van der Waals surface area contributed by atoms with Crippen LogP contribution in [0.2, 0.25) is 0 Å². The van der Waals surface area contributed by atoms with Crippen LogP contribution in [0.4, 0.5) is 11.4 Å². The van der Waals surface area contributed by atoms with E-state index in [1.165, 1.54) is 26.5 Å². The van der Waals surface area contributed by atoms with Crippen LogP contribution in [-0.2, 0) is 20.5 Å². The molecule has 2 amide bonds. The molecule has 0 unspecified atom stereocenters. The lowest BCUT2D eigenvalue weighted by Crippen LogP contribution is -2.25. The van der Waals surface area contributed by atoms with Crippen LogP contribution < -0.4 is 10.2 Å². The summed E-state index contributed by atoms with van der Waals surface area (Å²) in [5.74, 6) is -0.191. The first kappa shape index (κ1) is 19.6. The average Bonchev–Trinajstić information content (AvgIpc) is 2.71. The maximum atomic E-state index is 12.2. The van der Waals surface area contributed by atoms with Gasteiger partial charge in [-0.1, -0.05) is 36.0 Å². The molecule has 0 saturated heterocycles. The molecule has 1 N–H and O–H groups in total. The molecule has 0 spiro atoms. The summed E-state index contributed by atoms with van der Waals surface area (Å²) >= 11 is 1.78. The Morgan fingerprint density at radius 3 is 2.00 bits per heavy atom. The molecule has 4 rings (SSSR count). The summed E-state index contributed by atoms with van der Waals surface area (Å²) in [6, 6.07) is 22.7. The number of rotatable bonds is 3. The summed E-state index contributed by atoms with van der Waals surface area (Å²) in [4.78, 5) is 31.5. The van der Waals surface area contributed by atoms with Crippen LogP contribution in [0.3, 0.4) is 0 Å². The first-order valence-corrected chi connectivity index (χ1v) is 11.3. The minimum Gasteiger partial charge on any atom is -0.326 e. The number of amides is 2. The SMILES string of the molecule is CC(=O)Nc1ccc([S+]2c3ccccc3Sc3ccccc32)c(N(C)C(C)=O)c1. The molecule has 3 aromatic rings. The van der Waals surface area contributed by atoms with Crippen molar-refractivity contribution in [1.82, 2.24) is 0 Å². The molecule has 1 aliphatic rings. The van der Waals surface area contributed by atoms with Crippen LogP contribution >= 0.6 is 11.8 Å². The minimum absolute atomic E-state index is 0.0530. The summed E-state index contributed by atoms with van der Waals surface area (Å²) < 4.78 is 0. The second-order valence-electron chi connectivity index (χ2n) is 6.74. The number of benzene rings is 3. The van der Waals surface area contributed by atoms with E-state index in [0.29, 0.717) is 5.69 Å². The van der Waals surface area contributed by atoms with Gasteiger partial charge >= 0.3 is 0 Å². The van der Waals surface area contributed by atoms with Crippen molar-refractivity contribution in [3.8, 4) is 0 Å². The Bertz CT molecular complexity index is 1070. The second-order valence-corrected chi connectivity index (χ2v) is 9.76. The Kier molecular flexibility index (Phi) is 5.39. The van der Waals surface area contributed by atoms with Gasteiger partial charge in [0, 0.05) is 26.6 Å². The van der Waals surface area contributed by atoms with E-state index in [-0.39, 0.29) is 22.7 Å². The zero-order valence-electron chi connectivity index (χ0n) is 16.4. The standard InChI is InChI=1S/C23H20N2O2S2/c1-15(26)24-17-12-13-21(18(14-17)25(3)16(2)27)29-22-10-6-4-8-19(22)28-20-9-5-7-11-23(20)29/h4-14H,1-3H3/p+1. The lowest BCUT2D eigenvalue weighted by atomic mass is 10.2. The topological polar surface area (TPSA) is 49.4 Å². The lowest BCUT2D eigenvalue weighted by Gasteiger charge is -2.23. The summed E-state index contributed by atoms with van der Waals surface area (Å²) in [7, 11) is 1.42. The average molecular weight is 422 g/mol. The summed E-state index contributed by atoms with van der Waals surface area (Å²) in [6.45, 7) is 3.03. The van der Waals surface area contributed by atoms with Crippen molar-refractivity contribution < 1.29 is 9.59 Å². The monoisotopic (exact) mass is 421 g/mol. The number of fused-ring (bicyclic) bond motifs is 2. The van der Waals surface area contributed by atoms with Crippen LogP contribution in [0.1, 0.15) is 13.8 Å². The van der Waals surface area contributed by atoms with E-state index in [4.69, 9.17) is 0 Å². The van der Waals surface area contributed by atoms with Gasteiger partial charge in [-0.15, -0.1) is 0 Å². The quantitative estimate of drug-likeness (QED) is 0.463. The van der Waals surface area contributed by atoms with E-state index in [0.717, 1.165) is 10.6 Å². The maximum Gasteiger partial charge on any atom is 0.223 e. The van der Waals surface area contributed by atoms with Gasteiger partial charge in [-0.3, -0.25) is 9.59 Å². The number of nitrogens with one attached hydrogen (secondary N) is 1. The molecule has 6 heteroatoms. The van der Waals surface area contributed by atoms with Crippen molar-refractivity contribution in [2.24, 2.45) is 0 Å². The summed E-state index contributed by atoms with van der Waals surface area (Å²) in [6.07, 6.45) is 0. The summed E-state index contributed by atoms with van der Waals surface area (Å²) in [5, 5.41) is 2.83. The molecule has 0 atom stereocenters. The summed E-state index contributed by atoms with van der Waals surface area (Å²) in [5.41, 5.74) is 1.49. The fourth-order valence-corrected chi connectivity index (χ4v) is 7.19. The fraction of sp³-hybridized carbons (Fsp3) is 0.130. The molecule has 0 aliphatic carbocycles. The molecule has 0 bridgehead atoms. The first-order valence-electron chi connectivity index (χ1n) is 9.22. The number of nitrogens with zero attached hydrogens (tertiary/aromatic N) is 1. The van der Waals surface area contributed by atoms with E-state index in [2.05, 4.69) is 53.8 Å². The molecular weight excluding hydrogens is 400 g/mol. The van der Waals surface area contributed by atoms with Crippen molar-refractivity contribution >= 4 is 45.8 Å². The van der Waals surface area contributed by atoms with Gasteiger partial charge in [0.05, 0.1) is 9.79 Å². The van der Waals surface area contributed by atoms with Crippen molar-refractivity contribution in [2.75, 3.05) is 17.3 Å². The maximum absolute atomic E-state index is 12.2. The number of carbonyl (C=O) groups excluding carboxylic acids is 2. The largest absolute Gasteiger partial charge is 0.326 e. The van der Waals surface area contributed by atoms with E-state index in [1.807, 2.05) is 18.2 Å². The van der Waals surface area contributed by atoms with E-state index in [9.17, 15) is 9.59 Å². The number of carbonyl (C=O) groups is 2. The van der Waals surface area contributed by atoms with Crippen molar-refractivity contribution in [3.63, 3.8) is 0 Å². The molecular formula is C23H21N2O2S2+. The van der Waals surface area contributed by atoms with Crippen LogP contribution in [0.25, 0.3) is 0 Å². The zero-order valence-corrected chi connectivity index (χ0v) is 18.1. The van der Waals surface area contributed by atoms with Gasteiger partial charge in [-0.2, -0.15) is 0 Å². The molecule has 0 radical (unpaired) electrons. The van der Waals surface area contributed by atoms with Crippen molar-refractivity contribution in [2.45, 2.75) is 38.3 Å². The Balaban J connectivity index is 1.94. The second kappa shape index (κ2) is 7.97. The third-order valence-electron chi connectivity index (χ3n) is 4.69. The molecule has 1 heterocycles. The molecule has 4 nitrogen and oxygen atoms in total. The van der Waals surface area contributed by atoms with Gasteiger partial charge in [-0.05, 0) is 42.5 Å². The highest BCUT2D eigenvalue weighted by atomic mass is 32.2. The molecule has 3 aromatic carbocycles. The van der Waals surface area contributed by atoms with Crippen LogP contribution in [-0.4, -0.2) is 18.9 Å². The lowest BCUT2D eigenvalue weighted by molar-refractivity contribution is -0.116. The first-order chi connectivity index (χ1) is 14.0. The molecule has 29 heavy (non-hydrogen) atoms. The van der Waals surface area contributed by atoms with E-state index < -0.39 is 0 Å². The van der Waals surface area contributed by atoms with Gasteiger partial charge in [0.2, 0.25) is 11.8 Å². The molecule has 146 valence electrons. The molecule has 0 fully saturated rings. The fourth-order valence-electron chi connectivity index (χ4n) is 3.28. The Labute approximate surface area is 177 Å². The minimum atomic E-state index is -0.355. The normalized spacial score (nSPS) is 12.7. The van der Waals surface area contributed by atoms with Gasteiger partial charge in [-0.25, -0.2) is 0 Å². The molecule has 1 aliphatic heterocycles. The Morgan fingerprint density at radius 1 is 0.862 bits per heavy atom. The van der Waals surface area contributed by atoms with Gasteiger partial charge in [0.25, 0.3) is 0 Å². The van der Waals surface area contributed by atoms with Gasteiger partial charge in [0.15, 0.2) is 14.7 Å². The number of anilines is 2. The van der Waals surface area contributed by atoms with Crippen LogP contribution in [0.15, 0.2) is 91.2 Å². The van der Waals surface area contributed by atoms with Crippen molar-refractivity contribution in [1.29, 1.82) is 0 Å². The molecule has 0 saturated carbocycles.